The molecular formula is C34H35N5O2. The van der Waals surface area contributed by atoms with Gasteiger partial charge in [0, 0.05) is 36.0 Å². The summed E-state index contributed by atoms with van der Waals surface area (Å²) < 4.78 is 0. The number of allylic oxidation sites excluding steroid dienone is 4. The first-order valence-electron chi connectivity index (χ1n) is 14.3. The summed E-state index contributed by atoms with van der Waals surface area (Å²) in [5.41, 5.74) is 12.6. The number of piperidine rings is 1. The average Bonchev–Trinajstić information content (AvgIpc) is 3.33. The Hall–Kier alpha value is -4.62. The minimum atomic E-state index is -0.562. The molecule has 3 amide bonds. The molecule has 1 unspecified atom stereocenters. The van der Waals surface area contributed by atoms with Gasteiger partial charge in [-0.1, -0.05) is 67.1 Å². The third-order valence-corrected chi connectivity index (χ3v) is 8.03. The fourth-order valence-electron chi connectivity index (χ4n) is 6.01. The molecule has 3 aromatic rings. The Morgan fingerprint density at radius 1 is 0.902 bits per heavy atom. The summed E-state index contributed by atoms with van der Waals surface area (Å²) in [4.78, 5) is 30.1. The van der Waals surface area contributed by atoms with Gasteiger partial charge >= 0.3 is 6.03 Å². The summed E-state index contributed by atoms with van der Waals surface area (Å²) in [5, 5.41) is 6.65. The molecule has 0 bridgehead atoms. The van der Waals surface area contributed by atoms with E-state index < -0.39 is 6.03 Å². The van der Waals surface area contributed by atoms with Crippen molar-refractivity contribution in [1.82, 2.24) is 10.2 Å². The topological polar surface area (TPSA) is 90.7 Å². The normalized spacial score (nSPS) is 19.9. The fraction of sp³-hybridized carbons (Fsp3) is 0.235. The zero-order valence-electron chi connectivity index (χ0n) is 23.1. The van der Waals surface area contributed by atoms with Crippen molar-refractivity contribution in [2.45, 2.75) is 32.2 Å². The summed E-state index contributed by atoms with van der Waals surface area (Å²) in [5.74, 6) is -0.400. The number of hydrogen-bond acceptors (Lipinski definition) is 4. The third-order valence-electron chi connectivity index (χ3n) is 8.03. The molecule has 2 saturated heterocycles. The minimum absolute atomic E-state index is 0.144. The number of nitrogens with one attached hydrogen (secondary N) is 2. The molecule has 0 radical (unpaired) electrons. The molecule has 7 nitrogen and oxygen atoms in total. The van der Waals surface area contributed by atoms with E-state index in [-0.39, 0.29) is 11.8 Å². The number of carbonyl (C=O) groups excluding carboxylic acids is 2. The maximum absolute atomic E-state index is 13.5. The first-order chi connectivity index (χ1) is 20.1. The van der Waals surface area contributed by atoms with E-state index in [9.17, 15) is 9.59 Å². The lowest BCUT2D eigenvalue weighted by molar-refractivity contribution is -0.115. The Morgan fingerprint density at radius 3 is 2.27 bits per heavy atom. The molecule has 208 valence electrons. The maximum Gasteiger partial charge on any atom is 0.323 e. The SMILES string of the molecule is NC(=O)N(C1=CC=C2NC(=O)C(=C(Nc3ccc(CN4CCCCC4)cc3)c3ccccc3)C2C1)c1ccccc1. The van der Waals surface area contributed by atoms with Gasteiger partial charge < -0.3 is 16.4 Å². The largest absolute Gasteiger partial charge is 0.355 e. The van der Waals surface area contributed by atoms with Crippen LogP contribution in [0.15, 0.2) is 114 Å². The van der Waals surface area contributed by atoms with Crippen LogP contribution in [0.3, 0.4) is 0 Å². The molecule has 2 fully saturated rings. The standard InChI is InChI=1S/C34H35N5O2/c35-34(41)39(27-12-6-2-7-13-27)28-18-19-30-29(22-28)31(33(40)37-30)32(25-10-4-1-5-11-25)36-26-16-14-24(15-17-26)23-38-20-8-3-9-21-38/h1-2,4-7,10-19,29,36H,3,8-9,20-23H2,(H2,35,41)(H,37,40). The molecule has 0 aromatic heterocycles. The molecular weight excluding hydrogens is 510 g/mol. The first-order valence-corrected chi connectivity index (χ1v) is 14.3. The number of amides is 3. The fourth-order valence-corrected chi connectivity index (χ4v) is 6.01. The molecule has 1 atom stereocenters. The second-order valence-electron chi connectivity index (χ2n) is 10.8. The molecule has 6 rings (SSSR count). The summed E-state index contributed by atoms with van der Waals surface area (Å²) in [6.45, 7) is 3.27. The Labute approximate surface area is 241 Å². The van der Waals surface area contributed by atoms with Gasteiger partial charge in [-0.2, -0.15) is 0 Å². The van der Waals surface area contributed by atoms with Gasteiger partial charge in [-0.05, 0) is 73.5 Å². The second-order valence-corrected chi connectivity index (χ2v) is 10.8. The van der Waals surface area contributed by atoms with E-state index in [4.69, 9.17) is 5.73 Å². The van der Waals surface area contributed by atoms with Crippen LogP contribution in [0, 0.1) is 5.92 Å². The summed E-state index contributed by atoms with van der Waals surface area (Å²) >= 11 is 0. The van der Waals surface area contributed by atoms with Gasteiger partial charge in [0.15, 0.2) is 0 Å². The highest BCUT2D eigenvalue weighted by molar-refractivity contribution is 6.08. The van der Waals surface area contributed by atoms with Crippen LogP contribution in [-0.2, 0) is 11.3 Å². The molecule has 3 aromatic carbocycles. The van der Waals surface area contributed by atoms with Crippen LogP contribution in [0.4, 0.5) is 16.2 Å². The Bertz CT molecular complexity index is 1500. The van der Waals surface area contributed by atoms with Crippen molar-refractivity contribution >= 4 is 29.0 Å². The summed E-state index contributed by atoms with van der Waals surface area (Å²) in [6, 6.07) is 27.2. The number of hydrogen-bond donors (Lipinski definition) is 3. The first kappa shape index (κ1) is 26.6. The van der Waals surface area contributed by atoms with Crippen molar-refractivity contribution in [1.29, 1.82) is 0 Å². The van der Waals surface area contributed by atoms with E-state index in [2.05, 4.69) is 39.8 Å². The molecule has 2 aliphatic heterocycles. The van der Waals surface area contributed by atoms with Gasteiger partial charge in [-0.25, -0.2) is 4.79 Å². The van der Waals surface area contributed by atoms with Crippen molar-refractivity contribution in [3.63, 3.8) is 0 Å². The Kier molecular flexibility index (Phi) is 7.69. The Morgan fingerprint density at radius 2 is 1.59 bits per heavy atom. The maximum atomic E-state index is 13.5. The lowest BCUT2D eigenvalue weighted by Crippen LogP contribution is -2.36. The minimum Gasteiger partial charge on any atom is -0.355 e. The number of fused-ring (bicyclic) bond motifs is 1. The molecule has 0 saturated carbocycles. The third kappa shape index (κ3) is 5.81. The van der Waals surface area contributed by atoms with Gasteiger partial charge in [0.1, 0.15) is 0 Å². The molecule has 4 N–H and O–H groups in total. The highest BCUT2D eigenvalue weighted by atomic mass is 16.2. The highest BCUT2D eigenvalue weighted by Gasteiger charge is 2.39. The highest BCUT2D eigenvalue weighted by Crippen LogP contribution is 2.40. The monoisotopic (exact) mass is 545 g/mol. The van der Waals surface area contributed by atoms with Crippen LogP contribution in [0.25, 0.3) is 5.70 Å². The van der Waals surface area contributed by atoms with Crippen molar-refractivity contribution in [2.24, 2.45) is 11.7 Å². The van der Waals surface area contributed by atoms with Gasteiger partial charge in [0.2, 0.25) is 0 Å². The number of primary amides is 1. The second kappa shape index (κ2) is 11.9. The van der Waals surface area contributed by atoms with Gasteiger partial charge in [0.05, 0.1) is 17.0 Å². The van der Waals surface area contributed by atoms with Crippen LogP contribution in [0.2, 0.25) is 0 Å². The average molecular weight is 546 g/mol. The van der Waals surface area contributed by atoms with Gasteiger partial charge in [0.25, 0.3) is 5.91 Å². The number of rotatable bonds is 7. The summed E-state index contributed by atoms with van der Waals surface area (Å²) in [7, 11) is 0. The molecule has 0 spiro atoms. The van der Waals surface area contributed by atoms with Crippen molar-refractivity contribution < 1.29 is 9.59 Å². The predicted octanol–water partition coefficient (Wildman–Crippen LogP) is 6.00. The van der Waals surface area contributed by atoms with Crippen LogP contribution >= 0.6 is 0 Å². The zero-order chi connectivity index (χ0) is 28.2. The number of urea groups is 1. The lowest BCUT2D eigenvalue weighted by atomic mass is 9.87. The van der Waals surface area contributed by atoms with Gasteiger partial charge in [-0.15, -0.1) is 0 Å². The van der Waals surface area contributed by atoms with Crippen molar-refractivity contribution in [3.8, 4) is 0 Å². The smallest absolute Gasteiger partial charge is 0.323 e. The number of anilines is 2. The van der Waals surface area contributed by atoms with Crippen LogP contribution in [-0.4, -0.2) is 29.9 Å². The predicted molar refractivity (Wildman–Crippen MR) is 163 cm³/mol. The molecule has 2 heterocycles. The Balaban J connectivity index is 1.32. The number of carbonyl (C=O) groups is 2. The molecule has 7 heteroatoms. The molecule has 41 heavy (non-hydrogen) atoms. The van der Waals surface area contributed by atoms with E-state index >= 15 is 0 Å². The van der Waals surface area contributed by atoms with Crippen LogP contribution < -0.4 is 21.3 Å². The van der Waals surface area contributed by atoms with Crippen LogP contribution in [0.1, 0.15) is 36.8 Å². The van der Waals surface area contributed by atoms with Crippen LogP contribution in [0.5, 0.6) is 0 Å². The number of benzene rings is 3. The lowest BCUT2D eigenvalue weighted by Gasteiger charge is -2.28. The summed E-state index contributed by atoms with van der Waals surface area (Å²) in [6.07, 6.45) is 8.06. The van der Waals surface area contributed by atoms with E-state index in [1.807, 2.05) is 72.8 Å². The van der Waals surface area contributed by atoms with Crippen molar-refractivity contribution in [2.75, 3.05) is 23.3 Å². The van der Waals surface area contributed by atoms with E-state index in [1.165, 1.54) is 29.7 Å². The van der Waals surface area contributed by atoms with Gasteiger partial charge in [-0.3, -0.25) is 14.6 Å². The number of nitrogens with two attached hydrogens (primary N) is 1. The number of likely N-dealkylation sites (tertiary alicyclic amines) is 1. The number of nitrogens with zero attached hydrogens (tertiary/aromatic N) is 2. The van der Waals surface area contributed by atoms with E-state index in [0.29, 0.717) is 17.7 Å². The molecule has 3 aliphatic rings. The number of para-hydroxylation sites is 1. The quantitative estimate of drug-likeness (QED) is 0.318. The van der Waals surface area contributed by atoms with E-state index in [1.54, 1.807) is 0 Å². The molecule has 1 aliphatic carbocycles. The van der Waals surface area contributed by atoms with Crippen molar-refractivity contribution in [3.05, 3.63) is 125 Å². The zero-order valence-corrected chi connectivity index (χ0v) is 23.1. The van der Waals surface area contributed by atoms with E-state index in [0.717, 1.165) is 48.0 Å².